The summed E-state index contributed by atoms with van der Waals surface area (Å²) in [7, 11) is 2.15. The molecule has 1 aliphatic heterocycles. The van der Waals surface area contributed by atoms with Crippen LogP contribution in [0.25, 0.3) is 11.2 Å². The summed E-state index contributed by atoms with van der Waals surface area (Å²) in [5, 5.41) is 15.4. The van der Waals surface area contributed by atoms with Crippen molar-refractivity contribution < 1.29 is 14.4 Å². The Bertz CT molecular complexity index is 635. The second-order valence-corrected chi connectivity index (χ2v) is 4.76. The second-order valence-electron chi connectivity index (χ2n) is 4.49. The van der Waals surface area contributed by atoms with Gasteiger partial charge in [0, 0.05) is 9.47 Å². The standard InChI is InChI=1S/C10H15N4O4P/c1-2-4-7(18-19)6(15)10(17-4)14-3-11-5-8(14)12-13-9(5)16/h3-4,6-7,10,15H,2,19H2,1H3,(H2,12,13,16). The van der Waals surface area contributed by atoms with Gasteiger partial charge in [0.1, 0.15) is 12.2 Å². The molecule has 0 aromatic carbocycles. The van der Waals surface area contributed by atoms with E-state index in [1.54, 1.807) is 4.57 Å². The van der Waals surface area contributed by atoms with E-state index in [2.05, 4.69) is 24.6 Å². The van der Waals surface area contributed by atoms with Crippen molar-refractivity contribution in [3.05, 3.63) is 16.7 Å². The number of imidazole rings is 1. The molecule has 0 radical (unpaired) electrons. The van der Waals surface area contributed by atoms with E-state index in [4.69, 9.17) is 9.26 Å². The SMILES string of the molecule is CCC1OC(n2cnc3c(=O)[nH][nH]c32)C(O)C1OP. The highest BCUT2D eigenvalue weighted by Crippen LogP contribution is 2.34. The molecule has 1 saturated heterocycles. The Morgan fingerprint density at radius 3 is 3.05 bits per heavy atom. The Kier molecular flexibility index (Phi) is 3.18. The van der Waals surface area contributed by atoms with Crippen LogP contribution in [0.2, 0.25) is 0 Å². The molecule has 3 N–H and O–H groups in total. The van der Waals surface area contributed by atoms with Crippen LogP contribution in [-0.2, 0) is 9.26 Å². The lowest BCUT2D eigenvalue weighted by molar-refractivity contribution is -0.0355. The van der Waals surface area contributed by atoms with Gasteiger partial charge in [0.15, 0.2) is 17.4 Å². The summed E-state index contributed by atoms with van der Waals surface area (Å²) in [4.78, 5) is 15.4. The molecular formula is C10H15N4O4P. The predicted molar refractivity (Wildman–Crippen MR) is 69.5 cm³/mol. The molecule has 104 valence electrons. The van der Waals surface area contributed by atoms with E-state index in [-0.39, 0.29) is 11.7 Å². The number of rotatable bonds is 3. The Morgan fingerprint density at radius 2 is 2.42 bits per heavy atom. The van der Waals surface area contributed by atoms with Crippen LogP contribution in [0.4, 0.5) is 0 Å². The zero-order chi connectivity index (χ0) is 13.6. The molecule has 19 heavy (non-hydrogen) atoms. The maximum absolute atomic E-state index is 11.4. The molecule has 3 rings (SSSR count). The Balaban J connectivity index is 2.00. The summed E-state index contributed by atoms with van der Waals surface area (Å²) in [6, 6.07) is 0. The van der Waals surface area contributed by atoms with Crippen LogP contribution < -0.4 is 5.56 Å². The molecule has 2 aromatic rings. The first-order valence-corrected chi connectivity index (χ1v) is 6.46. The minimum atomic E-state index is -0.835. The summed E-state index contributed by atoms with van der Waals surface area (Å²) in [6.45, 7) is 1.96. The van der Waals surface area contributed by atoms with E-state index < -0.39 is 18.4 Å². The number of aliphatic hydroxyl groups excluding tert-OH is 1. The zero-order valence-corrected chi connectivity index (χ0v) is 11.4. The largest absolute Gasteiger partial charge is 0.386 e. The van der Waals surface area contributed by atoms with Gasteiger partial charge in [0.2, 0.25) is 0 Å². The number of fused-ring (bicyclic) bond motifs is 1. The molecule has 3 heterocycles. The van der Waals surface area contributed by atoms with E-state index in [0.717, 1.165) is 0 Å². The fourth-order valence-corrected chi connectivity index (χ4v) is 2.80. The van der Waals surface area contributed by atoms with Gasteiger partial charge >= 0.3 is 0 Å². The number of H-pyrrole nitrogens is 2. The normalized spacial score (nSPS) is 31.3. The molecule has 0 saturated carbocycles. The smallest absolute Gasteiger partial charge is 0.292 e. The summed E-state index contributed by atoms with van der Waals surface area (Å²) >= 11 is 0. The molecule has 9 heteroatoms. The van der Waals surface area contributed by atoms with Gasteiger partial charge in [0.05, 0.1) is 12.4 Å². The maximum atomic E-state index is 11.4. The third-order valence-corrected chi connectivity index (χ3v) is 3.76. The Labute approximate surface area is 110 Å². The number of nitrogens with one attached hydrogen (secondary N) is 2. The second kappa shape index (κ2) is 4.72. The third kappa shape index (κ3) is 1.83. The van der Waals surface area contributed by atoms with E-state index in [0.29, 0.717) is 17.6 Å². The topological polar surface area (TPSA) is 105 Å². The quantitative estimate of drug-likeness (QED) is 0.683. The monoisotopic (exact) mass is 286 g/mol. The number of aromatic amines is 2. The molecule has 0 bridgehead atoms. The van der Waals surface area contributed by atoms with Gasteiger partial charge in [-0.15, -0.1) is 0 Å². The van der Waals surface area contributed by atoms with Crippen molar-refractivity contribution in [2.75, 3.05) is 0 Å². The Hall–Kier alpha value is -1.21. The Morgan fingerprint density at radius 1 is 1.63 bits per heavy atom. The van der Waals surface area contributed by atoms with Gasteiger partial charge < -0.3 is 14.4 Å². The molecule has 5 unspecified atom stereocenters. The molecule has 8 nitrogen and oxygen atoms in total. The lowest BCUT2D eigenvalue weighted by Crippen LogP contribution is -2.31. The molecular weight excluding hydrogens is 271 g/mol. The van der Waals surface area contributed by atoms with Gasteiger partial charge in [-0.25, -0.2) is 4.98 Å². The first-order valence-electron chi connectivity index (χ1n) is 5.99. The summed E-state index contributed by atoms with van der Waals surface area (Å²) in [5.41, 5.74) is 0.486. The van der Waals surface area contributed by atoms with Crippen LogP contribution in [0.1, 0.15) is 19.6 Å². The van der Waals surface area contributed by atoms with Crippen LogP contribution in [0.5, 0.6) is 0 Å². The number of aliphatic hydroxyl groups is 1. The van der Waals surface area contributed by atoms with Crippen molar-refractivity contribution in [3.8, 4) is 0 Å². The molecule has 1 fully saturated rings. The minimum absolute atomic E-state index is 0.208. The third-order valence-electron chi connectivity index (χ3n) is 3.45. The fraction of sp³-hybridized carbons (Fsp3) is 0.600. The molecule has 0 spiro atoms. The van der Waals surface area contributed by atoms with Crippen molar-refractivity contribution in [3.63, 3.8) is 0 Å². The van der Waals surface area contributed by atoms with Crippen molar-refractivity contribution >= 4 is 20.6 Å². The lowest BCUT2D eigenvalue weighted by Gasteiger charge is -2.17. The highest BCUT2D eigenvalue weighted by atomic mass is 31.0. The molecule has 2 aromatic heterocycles. The van der Waals surface area contributed by atoms with Crippen molar-refractivity contribution in [1.29, 1.82) is 0 Å². The van der Waals surface area contributed by atoms with Crippen LogP contribution in [-0.4, -0.2) is 43.2 Å². The first kappa shape index (κ1) is 12.8. The van der Waals surface area contributed by atoms with E-state index in [1.165, 1.54) is 6.33 Å². The highest BCUT2D eigenvalue weighted by Gasteiger charge is 2.44. The zero-order valence-electron chi connectivity index (χ0n) is 10.2. The predicted octanol–water partition coefficient (Wildman–Crippen LogP) is -0.104. The average Bonchev–Trinajstić information content (AvgIpc) is 3.05. The van der Waals surface area contributed by atoms with Gasteiger partial charge in [0.25, 0.3) is 5.56 Å². The summed E-state index contributed by atoms with van der Waals surface area (Å²) in [6.07, 6.45) is 0.0880. The minimum Gasteiger partial charge on any atom is -0.386 e. The van der Waals surface area contributed by atoms with E-state index in [9.17, 15) is 9.90 Å². The van der Waals surface area contributed by atoms with E-state index in [1.807, 2.05) is 6.92 Å². The van der Waals surface area contributed by atoms with Gasteiger partial charge in [-0.3, -0.25) is 19.6 Å². The number of nitrogens with zero attached hydrogens (tertiary/aromatic N) is 2. The van der Waals surface area contributed by atoms with Gasteiger partial charge in [-0.2, -0.15) is 0 Å². The van der Waals surface area contributed by atoms with E-state index >= 15 is 0 Å². The molecule has 0 aliphatic carbocycles. The number of hydrogen-bond acceptors (Lipinski definition) is 5. The van der Waals surface area contributed by atoms with Crippen molar-refractivity contribution in [2.24, 2.45) is 0 Å². The average molecular weight is 286 g/mol. The van der Waals surface area contributed by atoms with Crippen LogP contribution in [0, 0.1) is 0 Å². The molecule has 0 amide bonds. The summed E-state index contributed by atoms with van der Waals surface area (Å²) < 4.78 is 12.6. The maximum Gasteiger partial charge on any atom is 0.292 e. The highest BCUT2D eigenvalue weighted by molar-refractivity contribution is 7.09. The summed E-state index contributed by atoms with van der Waals surface area (Å²) in [5.74, 6) is 0. The molecule has 5 atom stereocenters. The molecule has 1 aliphatic rings. The fourth-order valence-electron chi connectivity index (χ4n) is 2.47. The number of hydrogen-bond donors (Lipinski definition) is 3. The van der Waals surface area contributed by atoms with Crippen molar-refractivity contribution in [2.45, 2.75) is 37.9 Å². The van der Waals surface area contributed by atoms with Crippen molar-refractivity contribution in [1.82, 2.24) is 19.7 Å². The van der Waals surface area contributed by atoms with Crippen LogP contribution in [0.15, 0.2) is 11.1 Å². The lowest BCUT2D eigenvalue weighted by atomic mass is 10.1. The number of ether oxygens (including phenoxy) is 1. The van der Waals surface area contributed by atoms with Crippen LogP contribution >= 0.6 is 9.47 Å². The van der Waals surface area contributed by atoms with Gasteiger partial charge in [-0.05, 0) is 6.42 Å². The van der Waals surface area contributed by atoms with Crippen LogP contribution in [0.3, 0.4) is 0 Å². The number of aromatic nitrogens is 4. The first-order chi connectivity index (χ1) is 9.17. The van der Waals surface area contributed by atoms with Gasteiger partial charge in [-0.1, -0.05) is 6.92 Å².